The first-order valence-corrected chi connectivity index (χ1v) is 12.5. The summed E-state index contributed by atoms with van der Waals surface area (Å²) in [6, 6.07) is 15.4. The first kappa shape index (κ1) is 23.3. The Kier molecular flexibility index (Phi) is 7.69. The third-order valence-corrected chi connectivity index (χ3v) is 7.18. The van der Waals surface area contributed by atoms with E-state index in [0.717, 1.165) is 36.8 Å². The summed E-state index contributed by atoms with van der Waals surface area (Å²) in [5, 5.41) is 9.29. The predicted molar refractivity (Wildman–Crippen MR) is 135 cm³/mol. The number of benzene rings is 2. The van der Waals surface area contributed by atoms with E-state index in [4.69, 9.17) is 21.7 Å². The van der Waals surface area contributed by atoms with Crippen LogP contribution in [0.25, 0.3) is 6.08 Å². The summed E-state index contributed by atoms with van der Waals surface area (Å²) >= 11 is 6.91. The van der Waals surface area contributed by atoms with Gasteiger partial charge in [0, 0.05) is 11.6 Å². The van der Waals surface area contributed by atoms with E-state index in [9.17, 15) is 10.1 Å². The minimum absolute atomic E-state index is 0.00305. The first-order valence-electron chi connectivity index (χ1n) is 11.3. The van der Waals surface area contributed by atoms with Crippen LogP contribution in [0.5, 0.6) is 11.5 Å². The summed E-state index contributed by atoms with van der Waals surface area (Å²) in [6.45, 7) is 2.67. The summed E-state index contributed by atoms with van der Waals surface area (Å²) in [5.41, 5.74) is 2.26. The largest absolute Gasteiger partial charge is 0.490 e. The Hall–Kier alpha value is -2.82. The van der Waals surface area contributed by atoms with Crippen molar-refractivity contribution in [2.24, 2.45) is 0 Å². The molecule has 2 aliphatic rings. The quantitative estimate of drug-likeness (QED) is 0.356. The van der Waals surface area contributed by atoms with E-state index in [1.165, 1.54) is 18.2 Å². The molecule has 1 saturated heterocycles. The number of thiocarbonyl (C=S) groups is 1. The molecule has 4 rings (SSSR count). The zero-order chi connectivity index (χ0) is 23.2. The van der Waals surface area contributed by atoms with E-state index in [1.54, 1.807) is 6.07 Å². The highest BCUT2D eigenvalue weighted by Gasteiger charge is 2.37. The summed E-state index contributed by atoms with van der Waals surface area (Å²) in [6.07, 6.45) is 7.46. The molecule has 1 saturated carbocycles. The van der Waals surface area contributed by atoms with Gasteiger partial charge in [-0.3, -0.25) is 9.69 Å². The third kappa shape index (κ3) is 5.40. The highest BCUT2D eigenvalue weighted by Crippen LogP contribution is 2.38. The number of carbonyl (C=O) groups excluding carboxylic acids is 1. The number of nitriles is 1. The van der Waals surface area contributed by atoms with Crippen molar-refractivity contribution in [3.63, 3.8) is 0 Å². The van der Waals surface area contributed by atoms with Gasteiger partial charge >= 0.3 is 0 Å². The minimum Gasteiger partial charge on any atom is -0.490 e. The van der Waals surface area contributed by atoms with Gasteiger partial charge in [0.15, 0.2) is 11.5 Å². The first-order chi connectivity index (χ1) is 16.1. The Morgan fingerprint density at radius 1 is 1.15 bits per heavy atom. The second-order valence-electron chi connectivity index (χ2n) is 8.04. The molecule has 2 fully saturated rings. The average molecular weight is 479 g/mol. The average Bonchev–Trinajstić information content (AvgIpc) is 3.12. The number of hydrogen-bond acceptors (Lipinski definition) is 6. The number of rotatable bonds is 7. The van der Waals surface area contributed by atoms with E-state index in [-0.39, 0.29) is 18.6 Å². The summed E-state index contributed by atoms with van der Waals surface area (Å²) < 4.78 is 12.4. The van der Waals surface area contributed by atoms with Crippen molar-refractivity contribution < 1.29 is 14.3 Å². The van der Waals surface area contributed by atoms with Crippen LogP contribution in [0.2, 0.25) is 0 Å². The minimum atomic E-state index is 0.00305. The van der Waals surface area contributed by atoms with Crippen molar-refractivity contribution in [1.82, 2.24) is 4.90 Å². The van der Waals surface area contributed by atoms with Gasteiger partial charge in [-0.2, -0.15) is 5.26 Å². The number of amides is 1. The Balaban J connectivity index is 1.52. The van der Waals surface area contributed by atoms with E-state index >= 15 is 0 Å². The van der Waals surface area contributed by atoms with Crippen molar-refractivity contribution in [1.29, 1.82) is 5.26 Å². The standard InChI is InChI=1S/C26H26N2O3S2/c1-2-30-23-14-18(12-13-22(23)31-17-20-9-7-6-8-19(20)16-27)15-24-25(29)28(26(32)33-24)21-10-4-3-5-11-21/h6-9,12-15,21H,2-5,10-11,17H2,1H3/b24-15-. The maximum Gasteiger partial charge on any atom is 0.266 e. The zero-order valence-electron chi connectivity index (χ0n) is 18.6. The lowest BCUT2D eigenvalue weighted by Crippen LogP contribution is -2.39. The molecule has 2 aromatic rings. The fourth-order valence-electron chi connectivity index (χ4n) is 4.20. The van der Waals surface area contributed by atoms with Crippen LogP contribution >= 0.6 is 24.0 Å². The lowest BCUT2D eigenvalue weighted by atomic mass is 9.94. The van der Waals surface area contributed by atoms with Crippen molar-refractivity contribution in [3.8, 4) is 17.6 Å². The van der Waals surface area contributed by atoms with Gasteiger partial charge in [0.05, 0.1) is 23.1 Å². The molecule has 1 aliphatic heterocycles. The number of carbonyl (C=O) groups is 1. The maximum absolute atomic E-state index is 13.1. The monoisotopic (exact) mass is 478 g/mol. The third-order valence-electron chi connectivity index (χ3n) is 5.85. The normalized spacial score (nSPS) is 17.9. The van der Waals surface area contributed by atoms with Gasteiger partial charge < -0.3 is 9.47 Å². The molecule has 0 unspecified atom stereocenters. The molecule has 1 aliphatic carbocycles. The Morgan fingerprint density at radius 2 is 1.94 bits per heavy atom. The Morgan fingerprint density at radius 3 is 2.70 bits per heavy atom. The molecule has 7 heteroatoms. The molecule has 2 aromatic carbocycles. The van der Waals surface area contributed by atoms with E-state index in [2.05, 4.69) is 6.07 Å². The van der Waals surface area contributed by atoms with Crippen molar-refractivity contribution in [2.75, 3.05) is 6.61 Å². The van der Waals surface area contributed by atoms with E-state index in [0.29, 0.717) is 32.9 Å². The second kappa shape index (κ2) is 10.9. The van der Waals surface area contributed by atoms with Gasteiger partial charge in [0.25, 0.3) is 5.91 Å². The molecule has 170 valence electrons. The summed E-state index contributed by atoms with van der Waals surface area (Å²) in [7, 11) is 0. The van der Waals surface area contributed by atoms with Gasteiger partial charge in [-0.15, -0.1) is 0 Å². The van der Waals surface area contributed by atoms with Gasteiger partial charge in [0.2, 0.25) is 0 Å². The van der Waals surface area contributed by atoms with Crippen molar-refractivity contribution in [3.05, 3.63) is 64.1 Å². The smallest absolute Gasteiger partial charge is 0.266 e. The van der Waals surface area contributed by atoms with Crippen LogP contribution in [0, 0.1) is 11.3 Å². The molecule has 0 aromatic heterocycles. The van der Waals surface area contributed by atoms with Crippen LogP contribution in [0.15, 0.2) is 47.4 Å². The van der Waals surface area contributed by atoms with Gasteiger partial charge in [-0.1, -0.05) is 67.5 Å². The zero-order valence-corrected chi connectivity index (χ0v) is 20.2. The molecular formula is C26H26N2O3S2. The van der Waals surface area contributed by atoms with Crippen LogP contribution in [0.4, 0.5) is 0 Å². The summed E-state index contributed by atoms with van der Waals surface area (Å²) in [4.78, 5) is 15.5. The van der Waals surface area contributed by atoms with Gasteiger partial charge in [0.1, 0.15) is 10.9 Å². The van der Waals surface area contributed by atoms with Crippen molar-refractivity contribution >= 4 is 40.3 Å². The molecule has 33 heavy (non-hydrogen) atoms. The van der Waals surface area contributed by atoms with Crippen LogP contribution in [-0.2, 0) is 11.4 Å². The van der Waals surface area contributed by atoms with Crippen molar-refractivity contribution in [2.45, 2.75) is 51.7 Å². The Bertz CT molecular complexity index is 1120. The molecule has 1 heterocycles. The highest BCUT2D eigenvalue weighted by molar-refractivity contribution is 8.26. The van der Waals surface area contributed by atoms with E-state index in [1.807, 2.05) is 54.3 Å². The molecule has 0 bridgehead atoms. The molecular weight excluding hydrogens is 452 g/mol. The second-order valence-corrected chi connectivity index (χ2v) is 9.72. The van der Waals surface area contributed by atoms with Crippen LogP contribution in [-0.4, -0.2) is 27.8 Å². The van der Waals surface area contributed by atoms with E-state index < -0.39 is 0 Å². The molecule has 0 radical (unpaired) electrons. The maximum atomic E-state index is 13.1. The SMILES string of the molecule is CCOc1cc(/C=C2\SC(=S)N(C3CCCCC3)C2=O)ccc1OCc1ccccc1C#N. The highest BCUT2D eigenvalue weighted by atomic mass is 32.2. The molecule has 5 nitrogen and oxygen atoms in total. The fraction of sp³-hybridized carbons (Fsp3) is 0.346. The number of ether oxygens (including phenoxy) is 2. The fourth-order valence-corrected chi connectivity index (χ4v) is 5.60. The molecule has 0 N–H and O–H groups in total. The number of hydrogen-bond donors (Lipinski definition) is 0. The van der Waals surface area contributed by atoms with Crippen LogP contribution in [0.3, 0.4) is 0 Å². The number of thioether (sulfide) groups is 1. The Labute approximate surface area is 204 Å². The molecule has 0 spiro atoms. The van der Waals surface area contributed by atoms with Gasteiger partial charge in [-0.05, 0) is 49.6 Å². The lowest BCUT2D eigenvalue weighted by Gasteiger charge is -2.29. The molecule has 0 atom stereocenters. The predicted octanol–water partition coefficient (Wildman–Crippen LogP) is 6.07. The van der Waals surface area contributed by atoms with Gasteiger partial charge in [-0.25, -0.2) is 0 Å². The topological polar surface area (TPSA) is 62.6 Å². The van der Waals surface area contributed by atoms with Crippen LogP contribution in [0.1, 0.15) is 55.7 Å². The number of nitrogens with zero attached hydrogens (tertiary/aromatic N) is 2. The molecule has 1 amide bonds. The summed E-state index contributed by atoms with van der Waals surface area (Å²) in [5.74, 6) is 1.20. The lowest BCUT2D eigenvalue weighted by molar-refractivity contribution is -0.124. The van der Waals surface area contributed by atoms with Crippen LogP contribution < -0.4 is 9.47 Å².